The minimum atomic E-state index is -3.62. The minimum Gasteiger partial charge on any atom is -0.497 e. The van der Waals surface area contributed by atoms with E-state index in [-0.39, 0.29) is 42.3 Å². The highest BCUT2D eigenvalue weighted by molar-refractivity contribution is 7.89. The highest BCUT2D eigenvalue weighted by atomic mass is 35.5. The molecule has 2 aromatic rings. The van der Waals surface area contributed by atoms with Crippen molar-refractivity contribution in [2.75, 3.05) is 26.7 Å². The Bertz CT molecular complexity index is 1030. The summed E-state index contributed by atoms with van der Waals surface area (Å²) in [6.45, 7) is 0.706. The van der Waals surface area contributed by atoms with Crippen molar-refractivity contribution < 1.29 is 22.7 Å². The number of benzene rings is 2. The Morgan fingerprint density at radius 3 is 2.25 bits per heavy atom. The summed E-state index contributed by atoms with van der Waals surface area (Å²) in [6.07, 6.45) is 0.790. The van der Waals surface area contributed by atoms with E-state index in [1.54, 1.807) is 7.11 Å². The van der Waals surface area contributed by atoms with E-state index in [9.17, 15) is 18.0 Å². The molecule has 0 bridgehead atoms. The number of nitrogens with one attached hydrogen (secondary N) is 2. The fourth-order valence-corrected chi connectivity index (χ4v) is 5.03. The predicted molar refractivity (Wildman–Crippen MR) is 121 cm³/mol. The molecule has 2 amide bonds. The van der Waals surface area contributed by atoms with Gasteiger partial charge in [0.25, 0.3) is 0 Å². The van der Waals surface area contributed by atoms with Crippen molar-refractivity contribution in [3.8, 4) is 5.75 Å². The van der Waals surface area contributed by atoms with Crippen LogP contribution in [0.1, 0.15) is 18.4 Å². The quantitative estimate of drug-likeness (QED) is 0.603. The number of amides is 2. The van der Waals surface area contributed by atoms with Gasteiger partial charge in [0.15, 0.2) is 0 Å². The molecule has 0 unspecified atom stereocenters. The zero-order valence-electron chi connectivity index (χ0n) is 17.7. The molecule has 0 aliphatic carbocycles. The lowest BCUT2D eigenvalue weighted by molar-refractivity contribution is -0.129. The molecule has 2 aromatic carbocycles. The van der Waals surface area contributed by atoms with Crippen molar-refractivity contribution in [3.05, 3.63) is 59.1 Å². The van der Waals surface area contributed by atoms with Gasteiger partial charge < -0.3 is 15.4 Å². The Balaban J connectivity index is 1.42. The molecule has 0 radical (unpaired) electrons. The Morgan fingerprint density at radius 1 is 1.03 bits per heavy atom. The number of nitrogens with zero attached hydrogens (tertiary/aromatic N) is 1. The Morgan fingerprint density at radius 2 is 1.66 bits per heavy atom. The Kier molecular flexibility index (Phi) is 8.11. The zero-order valence-corrected chi connectivity index (χ0v) is 19.3. The molecule has 1 fully saturated rings. The monoisotopic (exact) mass is 479 g/mol. The van der Waals surface area contributed by atoms with Gasteiger partial charge >= 0.3 is 0 Å². The normalized spacial score (nSPS) is 15.2. The molecule has 3 rings (SSSR count). The Hall–Kier alpha value is -2.62. The van der Waals surface area contributed by atoms with E-state index >= 15 is 0 Å². The van der Waals surface area contributed by atoms with Gasteiger partial charge in [0.05, 0.1) is 18.6 Å². The van der Waals surface area contributed by atoms with Crippen molar-refractivity contribution in [1.29, 1.82) is 0 Å². The molecule has 32 heavy (non-hydrogen) atoms. The van der Waals surface area contributed by atoms with Crippen LogP contribution >= 0.6 is 11.6 Å². The molecular formula is C22H26ClN3O5S. The molecule has 8 nitrogen and oxygen atoms in total. The maximum atomic E-state index is 12.7. The van der Waals surface area contributed by atoms with Crippen LogP contribution in [-0.2, 0) is 26.2 Å². The van der Waals surface area contributed by atoms with Crippen molar-refractivity contribution in [3.63, 3.8) is 0 Å². The zero-order chi connectivity index (χ0) is 23.1. The van der Waals surface area contributed by atoms with E-state index in [4.69, 9.17) is 16.3 Å². The van der Waals surface area contributed by atoms with Gasteiger partial charge in [-0.2, -0.15) is 4.31 Å². The Labute approximate surface area is 192 Å². The van der Waals surface area contributed by atoms with Crippen LogP contribution in [0.2, 0.25) is 5.02 Å². The second kappa shape index (κ2) is 10.8. The third-order valence-corrected chi connectivity index (χ3v) is 7.51. The predicted octanol–water partition coefficient (Wildman–Crippen LogP) is 2.18. The molecule has 172 valence electrons. The number of carbonyl (C=O) groups excluding carboxylic acids is 2. The van der Waals surface area contributed by atoms with Crippen molar-refractivity contribution in [2.45, 2.75) is 24.3 Å². The number of hydrogen-bond donors (Lipinski definition) is 2. The van der Waals surface area contributed by atoms with Crippen LogP contribution in [-0.4, -0.2) is 51.3 Å². The van der Waals surface area contributed by atoms with E-state index in [0.29, 0.717) is 24.4 Å². The number of halogens is 1. The first-order valence-electron chi connectivity index (χ1n) is 10.2. The van der Waals surface area contributed by atoms with Gasteiger partial charge in [-0.25, -0.2) is 8.42 Å². The first kappa shape index (κ1) is 24.0. The van der Waals surface area contributed by atoms with Gasteiger partial charge in [-0.3, -0.25) is 9.59 Å². The summed E-state index contributed by atoms with van der Waals surface area (Å²) in [4.78, 5) is 24.6. The fraction of sp³-hybridized carbons (Fsp3) is 0.364. The third kappa shape index (κ3) is 6.21. The molecule has 1 aliphatic rings. The van der Waals surface area contributed by atoms with E-state index in [0.717, 1.165) is 11.3 Å². The smallest absolute Gasteiger partial charge is 0.243 e. The number of methoxy groups -OCH3 is 1. The van der Waals surface area contributed by atoms with Crippen LogP contribution in [0.3, 0.4) is 0 Å². The molecule has 0 spiro atoms. The number of piperidine rings is 1. The topological polar surface area (TPSA) is 105 Å². The average molecular weight is 480 g/mol. The maximum absolute atomic E-state index is 12.7. The molecule has 1 aliphatic heterocycles. The minimum absolute atomic E-state index is 0.127. The van der Waals surface area contributed by atoms with Crippen LogP contribution in [0.15, 0.2) is 53.4 Å². The van der Waals surface area contributed by atoms with Gasteiger partial charge in [0.2, 0.25) is 21.8 Å². The number of hydrogen-bond acceptors (Lipinski definition) is 5. The highest BCUT2D eigenvalue weighted by Crippen LogP contribution is 2.24. The fourth-order valence-electron chi connectivity index (χ4n) is 3.43. The lowest BCUT2D eigenvalue weighted by Crippen LogP contribution is -2.45. The second-order valence-corrected chi connectivity index (χ2v) is 9.85. The SMILES string of the molecule is COc1ccc(CNC(=O)CNC(=O)C2CCN(S(=O)(=O)c3ccc(Cl)cc3)CC2)cc1. The van der Waals surface area contributed by atoms with Crippen LogP contribution in [0.25, 0.3) is 0 Å². The van der Waals surface area contributed by atoms with Crippen LogP contribution in [0.5, 0.6) is 5.75 Å². The first-order chi connectivity index (χ1) is 15.3. The van der Waals surface area contributed by atoms with Crippen molar-refractivity contribution >= 4 is 33.4 Å². The van der Waals surface area contributed by atoms with Gasteiger partial charge in [-0.15, -0.1) is 0 Å². The molecule has 1 saturated heterocycles. The van der Waals surface area contributed by atoms with Gasteiger partial charge in [-0.05, 0) is 54.8 Å². The lowest BCUT2D eigenvalue weighted by atomic mass is 9.97. The maximum Gasteiger partial charge on any atom is 0.243 e. The summed E-state index contributed by atoms with van der Waals surface area (Å²) in [5.74, 6) is -0.134. The second-order valence-electron chi connectivity index (χ2n) is 7.47. The average Bonchev–Trinajstić information content (AvgIpc) is 2.82. The molecule has 0 saturated carbocycles. The molecule has 1 heterocycles. The summed E-state index contributed by atoms with van der Waals surface area (Å²) in [7, 11) is -2.04. The molecule has 0 aromatic heterocycles. The lowest BCUT2D eigenvalue weighted by Gasteiger charge is -2.30. The largest absolute Gasteiger partial charge is 0.497 e. The number of ether oxygens (including phenoxy) is 1. The first-order valence-corrected chi connectivity index (χ1v) is 12.0. The summed E-state index contributed by atoms with van der Waals surface area (Å²) >= 11 is 5.83. The molecular weight excluding hydrogens is 454 g/mol. The summed E-state index contributed by atoms with van der Waals surface area (Å²) < 4.78 is 31.9. The van der Waals surface area contributed by atoms with Gasteiger partial charge in [0.1, 0.15) is 5.75 Å². The highest BCUT2D eigenvalue weighted by Gasteiger charge is 2.32. The van der Waals surface area contributed by atoms with E-state index in [1.807, 2.05) is 24.3 Å². The number of rotatable bonds is 8. The standard InChI is InChI=1S/C22H26ClN3O5S/c1-31-19-6-2-16(3-7-19)14-24-21(27)15-25-22(28)17-10-12-26(13-11-17)32(29,30)20-8-4-18(23)5-9-20/h2-9,17H,10-15H2,1H3,(H,24,27)(H,25,28). The van der Waals surface area contributed by atoms with Crippen molar-refractivity contribution in [1.82, 2.24) is 14.9 Å². The summed E-state index contributed by atoms with van der Waals surface area (Å²) in [5, 5.41) is 5.86. The third-order valence-electron chi connectivity index (χ3n) is 5.35. The molecule has 10 heteroatoms. The van der Waals surface area contributed by atoms with Crippen LogP contribution in [0, 0.1) is 5.92 Å². The number of carbonyl (C=O) groups is 2. The van der Waals surface area contributed by atoms with Gasteiger partial charge in [0, 0.05) is 30.6 Å². The molecule has 0 atom stereocenters. The van der Waals surface area contributed by atoms with Crippen molar-refractivity contribution in [2.24, 2.45) is 5.92 Å². The van der Waals surface area contributed by atoms with Gasteiger partial charge in [-0.1, -0.05) is 23.7 Å². The van der Waals surface area contributed by atoms with Crippen LogP contribution in [0.4, 0.5) is 0 Å². The van der Waals surface area contributed by atoms with E-state index in [2.05, 4.69) is 10.6 Å². The molecule has 2 N–H and O–H groups in total. The number of sulfonamides is 1. The van der Waals surface area contributed by atoms with E-state index < -0.39 is 10.0 Å². The van der Waals surface area contributed by atoms with E-state index in [1.165, 1.54) is 28.6 Å². The van der Waals surface area contributed by atoms with Crippen LogP contribution < -0.4 is 15.4 Å². The summed E-state index contributed by atoms with van der Waals surface area (Å²) in [5.41, 5.74) is 0.916. The summed E-state index contributed by atoms with van der Waals surface area (Å²) in [6, 6.07) is 13.3.